The Labute approximate surface area is 128 Å². The Kier molecular flexibility index (Phi) is 5.28. The van der Waals surface area contributed by atoms with Crippen molar-refractivity contribution in [2.24, 2.45) is 5.92 Å². The van der Waals surface area contributed by atoms with Crippen LogP contribution in [0.4, 0.5) is 0 Å². The molecule has 4 atom stereocenters. The van der Waals surface area contributed by atoms with Crippen LogP contribution in [0.25, 0.3) is 0 Å². The number of hydrogen-bond donors (Lipinski definition) is 3. The first-order valence-electron chi connectivity index (χ1n) is 8.51. The van der Waals surface area contributed by atoms with Gasteiger partial charge < -0.3 is 15.7 Å². The third-order valence-corrected chi connectivity index (χ3v) is 5.18. The highest BCUT2D eigenvalue weighted by Crippen LogP contribution is 2.32. The van der Waals surface area contributed by atoms with E-state index in [1.807, 2.05) is 6.07 Å². The highest BCUT2D eigenvalue weighted by atomic mass is 16.3. The van der Waals surface area contributed by atoms with E-state index in [-0.39, 0.29) is 12.6 Å². The summed E-state index contributed by atoms with van der Waals surface area (Å²) in [6, 6.07) is 11.9. The lowest BCUT2D eigenvalue weighted by Gasteiger charge is -2.30. The van der Waals surface area contributed by atoms with Crippen LogP contribution in [0.2, 0.25) is 0 Å². The summed E-state index contributed by atoms with van der Waals surface area (Å²) in [4.78, 5) is 0. The van der Waals surface area contributed by atoms with Gasteiger partial charge in [0.2, 0.25) is 0 Å². The standard InChI is InChI=1S/C18H28N2O/c21-13-15(12-14-6-2-1-3-7-14)20-18-9-4-8-16(18)17-10-5-11-19-17/h1-3,6-7,15-21H,4-5,8-13H2/t15-,16?,17?,18?/m0/s1. The molecule has 0 amide bonds. The molecule has 0 spiro atoms. The lowest BCUT2D eigenvalue weighted by molar-refractivity contribution is 0.211. The lowest BCUT2D eigenvalue weighted by atomic mass is 9.92. The average molecular weight is 288 g/mol. The van der Waals surface area contributed by atoms with E-state index in [0.29, 0.717) is 12.1 Å². The molecule has 1 aliphatic carbocycles. The Morgan fingerprint density at radius 3 is 2.71 bits per heavy atom. The van der Waals surface area contributed by atoms with Crippen LogP contribution in [0.15, 0.2) is 30.3 Å². The van der Waals surface area contributed by atoms with Gasteiger partial charge in [-0.1, -0.05) is 36.8 Å². The average Bonchev–Trinajstić information content (AvgIpc) is 3.18. The van der Waals surface area contributed by atoms with E-state index in [2.05, 4.69) is 34.9 Å². The van der Waals surface area contributed by atoms with Crippen molar-refractivity contribution in [2.45, 2.75) is 56.7 Å². The Hall–Kier alpha value is -0.900. The summed E-state index contributed by atoms with van der Waals surface area (Å²) in [5, 5.41) is 17.1. The van der Waals surface area contributed by atoms with Gasteiger partial charge in [-0.05, 0) is 50.1 Å². The van der Waals surface area contributed by atoms with Crippen molar-refractivity contribution in [2.75, 3.05) is 13.2 Å². The van der Waals surface area contributed by atoms with Crippen molar-refractivity contribution >= 4 is 0 Å². The van der Waals surface area contributed by atoms with Gasteiger partial charge in [-0.2, -0.15) is 0 Å². The summed E-state index contributed by atoms with van der Waals surface area (Å²) in [5.41, 5.74) is 1.30. The summed E-state index contributed by atoms with van der Waals surface area (Å²) >= 11 is 0. The molecular formula is C18H28N2O. The number of rotatable bonds is 6. The van der Waals surface area contributed by atoms with Crippen molar-refractivity contribution < 1.29 is 5.11 Å². The molecule has 3 N–H and O–H groups in total. The fraction of sp³-hybridized carbons (Fsp3) is 0.667. The maximum atomic E-state index is 9.72. The van der Waals surface area contributed by atoms with Crippen LogP contribution in [0.1, 0.15) is 37.7 Å². The highest BCUT2D eigenvalue weighted by Gasteiger charge is 2.35. The fourth-order valence-electron chi connectivity index (χ4n) is 4.13. The topological polar surface area (TPSA) is 44.3 Å². The molecule has 1 aromatic carbocycles. The van der Waals surface area contributed by atoms with Gasteiger partial charge in [0.1, 0.15) is 0 Å². The zero-order valence-electron chi connectivity index (χ0n) is 12.8. The van der Waals surface area contributed by atoms with Crippen LogP contribution in [-0.4, -0.2) is 36.4 Å². The van der Waals surface area contributed by atoms with Gasteiger partial charge in [-0.15, -0.1) is 0 Å². The van der Waals surface area contributed by atoms with Gasteiger partial charge in [-0.3, -0.25) is 0 Å². The van der Waals surface area contributed by atoms with E-state index in [1.165, 1.54) is 44.2 Å². The SMILES string of the molecule is OC[C@H](Cc1ccccc1)NC1CCCC1C1CCCN1. The molecule has 3 rings (SSSR count). The van der Waals surface area contributed by atoms with Gasteiger partial charge >= 0.3 is 0 Å². The maximum Gasteiger partial charge on any atom is 0.0587 e. The first kappa shape index (κ1) is 15.0. The molecule has 1 saturated carbocycles. The molecule has 1 heterocycles. The quantitative estimate of drug-likeness (QED) is 0.751. The van der Waals surface area contributed by atoms with Crippen LogP contribution >= 0.6 is 0 Å². The minimum absolute atomic E-state index is 0.180. The van der Waals surface area contributed by atoms with Gasteiger partial charge in [0.15, 0.2) is 0 Å². The van der Waals surface area contributed by atoms with E-state index in [4.69, 9.17) is 0 Å². The van der Waals surface area contributed by atoms with Gasteiger partial charge in [0.05, 0.1) is 6.61 Å². The third-order valence-electron chi connectivity index (χ3n) is 5.18. The molecular weight excluding hydrogens is 260 g/mol. The monoisotopic (exact) mass is 288 g/mol. The maximum absolute atomic E-state index is 9.72. The minimum atomic E-state index is 0.180. The van der Waals surface area contributed by atoms with Crippen molar-refractivity contribution in [1.29, 1.82) is 0 Å². The molecule has 0 bridgehead atoms. The van der Waals surface area contributed by atoms with Crippen LogP contribution in [-0.2, 0) is 6.42 Å². The van der Waals surface area contributed by atoms with Crippen molar-refractivity contribution in [3.05, 3.63) is 35.9 Å². The number of aliphatic hydroxyl groups is 1. The largest absolute Gasteiger partial charge is 0.395 e. The molecule has 3 heteroatoms. The van der Waals surface area contributed by atoms with Gasteiger partial charge in [0.25, 0.3) is 0 Å². The highest BCUT2D eigenvalue weighted by molar-refractivity contribution is 5.16. The fourth-order valence-corrected chi connectivity index (χ4v) is 4.13. The zero-order chi connectivity index (χ0) is 14.5. The summed E-state index contributed by atoms with van der Waals surface area (Å²) in [6.45, 7) is 1.40. The molecule has 2 fully saturated rings. The number of aliphatic hydroxyl groups excluding tert-OH is 1. The second-order valence-corrected chi connectivity index (χ2v) is 6.64. The summed E-state index contributed by atoms with van der Waals surface area (Å²) < 4.78 is 0. The van der Waals surface area contributed by atoms with Crippen molar-refractivity contribution in [3.63, 3.8) is 0 Å². The molecule has 0 radical (unpaired) electrons. The normalized spacial score (nSPS) is 30.6. The first-order valence-corrected chi connectivity index (χ1v) is 8.51. The molecule has 3 nitrogen and oxygen atoms in total. The molecule has 2 aliphatic rings. The number of benzene rings is 1. The van der Waals surface area contributed by atoms with E-state index < -0.39 is 0 Å². The second-order valence-electron chi connectivity index (χ2n) is 6.64. The molecule has 1 aliphatic heterocycles. The molecule has 21 heavy (non-hydrogen) atoms. The van der Waals surface area contributed by atoms with Gasteiger partial charge in [0, 0.05) is 18.1 Å². The molecule has 3 unspecified atom stereocenters. The Balaban J connectivity index is 1.57. The molecule has 1 saturated heterocycles. The number of nitrogens with one attached hydrogen (secondary N) is 2. The minimum Gasteiger partial charge on any atom is -0.395 e. The summed E-state index contributed by atoms with van der Waals surface area (Å²) in [6.07, 6.45) is 7.47. The third kappa shape index (κ3) is 3.85. The van der Waals surface area contributed by atoms with Crippen LogP contribution in [0, 0.1) is 5.92 Å². The van der Waals surface area contributed by atoms with Crippen LogP contribution in [0.3, 0.4) is 0 Å². The van der Waals surface area contributed by atoms with Crippen LogP contribution < -0.4 is 10.6 Å². The lowest BCUT2D eigenvalue weighted by Crippen LogP contribution is -2.48. The predicted octanol–water partition coefficient (Wildman–Crippen LogP) is 2.10. The van der Waals surface area contributed by atoms with E-state index in [1.54, 1.807) is 0 Å². The van der Waals surface area contributed by atoms with Crippen molar-refractivity contribution in [1.82, 2.24) is 10.6 Å². The summed E-state index contributed by atoms with van der Waals surface area (Å²) in [5.74, 6) is 0.748. The Morgan fingerprint density at radius 2 is 2.00 bits per heavy atom. The predicted molar refractivity (Wildman–Crippen MR) is 86.3 cm³/mol. The van der Waals surface area contributed by atoms with E-state index in [9.17, 15) is 5.11 Å². The van der Waals surface area contributed by atoms with Gasteiger partial charge in [-0.25, -0.2) is 0 Å². The van der Waals surface area contributed by atoms with Crippen LogP contribution in [0.5, 0.6) is 0 Å². The second kappa shape index (κ2) is 7.39. The Morgan fingerprint density at radius 1 is 1.14 bits per heavy atom. The zero-order valence-corrected chi connectivity index (χ0v) is 12.8. The van der Waals surface area contributed by atoms with Crippen molar-refractivity contribution in [3.8, 4) is 0 Å². The van der Waals surface area contributed by atoms with E-state index in [0.717, 1.165) is 12.3 Å². The Bertz CT molecular complexity index is 416. The van der Waals surface area contributed by atoms with E-state index >= 15 is 0 Å². The molecule has 0 aromatic heterocycles. The number of hydrogen-bond acceptors (Lipinski definition) is 3. The first-order chi connectivity index (χ1) is 10.4. The molecule has 116 valence electrons. The smallest absolute Gasteiger partial charge is 0.0587 e. The molecule has 1 aromatic rings. The summed E-state index contributed by atoms with van der Waals surface area (Å²) in [7, 11) is 0.